The van der Waals surface area contributed by atoms with E-state index in [0.717, 1.165) is 5.56 Å². The summed E-state index contributed by atoms with van der Waals surface area (Å²) in [5, 5.41) is 28.1. The third-order valence-corrected chi connectivity index (χ3v) is 5.96. The number of benzene rings is 3. The van der Waals surface area contributed by atoms with Crippen molar-refractivity contribution in [2.45, 2.75) is 11.8 Å². The van der Waals surface area contributed by atoms with Gasteiger partial charge in [-0.15, -0.1) is 0 Å². The monoisotopic (exact) mass is 507 g/mol. The molecule has 0 aliphatic heterocycles. The van der Waals surface area contributed by atoms with Crippen LogP contribution < -0.4 is 10.7 Å². The number of non-ortho nitro benzene ring substituents is 2. The van der Waals surface area contributed by atoms with E-state index in [1.807, 2.05) is 30.3 Å². The molecular formula is C24H21N5O6S. The molecule has 0 bridgehead atoms. The maximum absolute atomic E-state index is 12.8. The lowest BCUT2D eigenvalue weighted by Gasteiger charge is -2.17. The van der Waals surface area contributed by atoms with E-state index in [2.05, 4.69) is 15.8 Å². The molecule has 2 N–H and O–H groups in total. The number of amides is 2. The fourth-order valence-electron chi connectivity index (χ4n) is 2.96. The number of nitrogens with one attached hydrogen (secondary N) is 2. The molecule has 0 saturated heterocycles. The van der Waals surface area contributed by atoms with Crippen LogP contribution in [0.15, 0.2) is 84.0 Å². The SMILES string of the molecule is O=C(N[C@H](CSCc1ccccc1)C(=O)N/N=C\c1ccc([N+](=O)[O-])cc1)c1ccc([N+](=O)[O-])cc1. The number of nitro groups is 2. The third kappa shape index (κ3) is 7.74. The number of thioether (sulfide) groups is 1. The molecule has 36 heavy (non-hydrogen) atoms. The average molecular weight is 508 g/mol. The van der Waals surface area contributed by atoms with Crippen LogP contribution in [0, 0.1) is 20.2 Å². The van der Waals surface area contributed by atoms with Crippen molar-refractivity contribution in [3.05, 3.63) is 116 Å². The lowest BCUT2D eigenvalue weighted by Crippen LogP contribution is -2.47. The molecule has 11 nitrogen and oxygen atoms in total. The maximum Gasteiger partial charge on any atom is 0.269 e. The van der Waals surface area contributed by atoms with Gasteiger partial charge in [-0.2, -0.15) is 16.9 Å². The summed E-state index contributed by atoms with van der Waals surface area (Å²) in [6, 6.07) is 19.3. The van der Waals surface area contributed by atoms with Gasteiger partial charge in [0.15, 0.2) is 0 Å². The molecule has 0 radical (unpaired) electrons. The van der Waals surface area contributed by atoms with Crippen LogP contribution in [0.25, 0.3) is 0 Å². The van der Waals surface area contributed by atoms with Gasteiger partial charge >= 0.3 is 0 Å². The molecule has 1 atom stereocenters. The Balaban J connectivity index is 1.65. The minimum Gasteiger partial charge on any atom is -0.339 e. The second kappa shape index (κ2) is 12.8. The van der Waals surface area contributed by atoms with Gasteiger partial charge in [-0.3, -0.25) is 29.8 Å². The maximum atomic E-state index is 12.8. The Hall–Kier alpha value is -4.58. The number of hydrogen-bond acceptors (Lipinski definition) is 8. The molecule has 0 unspecified atom stereocenters. The molecular weight excluding hydrogens is 486 g/mol. The molecule has 3 aromatic rings. The highest BCUT2D eigenvalue weighted by molar-refractivity contribution is 7.98. The molecule has 0 heterocycles. The molecule has 0 aliphatic rings. The van der Waals surface area contributed by atoms with Crippen molar-refractivity contribution in [2.75, 3.05) is 5.75 Å². The summed E-state index contributed by atoms with van der Waals surface area (Å²) in [6.45, 7) is 0. The van der Waals surface area contributed by atoms with Gasteiger partial charge in [0.05, 0.1) is 16.1 Å². The first kappa shape index (κ1) is 26.0. The molecule has 0 spiro atoms. The largest absolute Gasteiger partial charge is 0.339 e. The molecule has 0 fully saturated rings. The van der Waals surface area contributed by atoms with E-state index in [9.17, 15) is 29.8 Å². The van der Waals surface area contributed by atoms with Gasteiger partial charge in [-0.25, -0.2) is 5.43 Å². The Labute approximate surface area is 209 Å². The van der Waals surface area contributed by atoms with Crippen molar-refractivity contribution in [2.24, 2.45) is 5.10 Å². The van der Waals surface area contributed by atoms with Gasteiger partial charge in [-0.05, 0) is 35.4 Å². The van der Waals surface area contributed by atoms with Gasteiger partial charge < -0.3 is 5.32 Å². The van der Waals surface area contributed by atoms with E-state index >= 15 is 0 Å². The van der Waals surface area contributed by atoms with Crippen LogP contribution >= 0.6 is 11.8 Å². The van der Waals surface area contributed by atoms with E-state index < -0.39 is 27.7 Å². The Morgan fingerprint density at radius 2 is 1.47 bits per heavy atom. The number of hydrazone groups is 1. The van der Waals surface area contributed by atoms with Crippen LogP contribution in [-0.2, 0) is 10.5 Å². The van der Waals surface area contributed by atoms with E-state index in [4.69, 9.17) is 0 Å². The van der Waals surface area contributed by atoms with Crippen molar-refractivity contribution < 1.29 is 19.4 Å². The van der Waals surface area contributed by atoms with Crippen LogP contribution in [-0.4, -0.2) is 39.7 Å². The number of nitro benzene ring substituents is 2. The van der Waals surface area contributed by atoms with Crippen molar-refractivity contribution in [3.8, 4) is 0 Å². The first-order valence-corrected chi connectivity index (χ1v) is 11.7. The van der Waals surface area contributed by atoms with Gasteiger partial charge in [0, 0.05) is 41.3 Å². The topological polar surface area (TPSA) is 157 Å². The summed E-state index contributed by atoms with van der Waals surface area (Å²) in [5.41, 5.74) is 3.91. The van der Waals surface area contributed by atoms with Crippen LogP contribution in [0.4, 0.5) is 11.4 Å². The normalized spacial score (nSPS) is 11.6. The fourth-order valence-corrected chi connectivity index (χ4v) is 3.97. The summed E-state index contributed by atoms with van der Waals surface area (Å²) in [5.74, 6) is -0.273. The lowest BCUT2D eigenvalue weighted by molar-refractivity contribution is -0.385. The molecule has 2 amide bonds. The van der Waals surface area contributed by atoms with Crippen LogP contribution in [0.1, 0.15) is 21.5 Å². The molecule has 3 aromatic carbocycles. The van der Waals surface area contributed by atoms with Crippen molar-refractivity contribution in [3.63, 3.8) is 0 Å². The zero-order chi connectivity index (χ0) is 25.9. The van der Waals surface area contributed by atoms with Gasteiger partial charge in [0.2, 0.25) is 0 Å². The summed E-state index contributed by atoms with van der Waals surface area (Å²) >= 11 is 1.44. The number of carbonyl (C=O) groups is 2. The van der Waals surface area contributed by atoms with Gasteiger partial charge in [0.1, 0.15) is 6.04 Å². The quantitative estimate of drug-likeness (QED) is 0.228. The zero-order valence-corrected chi connectivity index (χ0v) is 19.6. The standard InChI is InChI=1S/C24H21N5O6S/c30-23(19-8-12-21(13-9-19)29(34)35)26-22(16-36-15-18-4-2-1-3-5-18)24(31)27-25-14-17-6-10-20(11-7-17)28(32)33/h1-14,22H,15-16H2,(H,26,30)(H,27,31)/b25-14-/t22-/m1/s1. The summed E-state index contributed by atoms with van der Waals surface area (Å²) < 4.78 is 0. The van der Waals surface area contributed by atoms with Crippen LogP contribution in [0.5, 0.6) is 0 Å². The number of rotatable bonds is 11. The summed E-state index contributed by atoms with van der Waals surface area (Å²) in [7, 11) is 0. The van der Waals surface area contributed by atoms with Crippen molar-refractivity contribution >= 4 is 41.2 Å². The van der Waals surface area contributed by atoms with E-state index in [1.165, 1.54) is 66.5 Å². The molecule has 3 rings (SSSR count). The Morgan fingerprint density at radius 1 is 0.889 bits per heavy atom. The Kier molecular flexibility index (Phi) is 9.23. The first-order chi connectivity index (χ1) is 17.3. The second-order valence-corrected chi connectivity index (χ2v) is 8.44. The molecule has 12 heteroatoms. The van der Waals surface area contributed by atoms with E-state index in [-0.39, 0.29) is 22.7 Å². The zero-order valence-electron chi connectivity index (χ0n) is 18.8. The van der Waals surface area contributed by atoms with E-state index in [0.29, 0.717) is 11.3 Å². The predicted octanol–water partition coefficient (Wildman–Crippen LogP) is 3.69. The summed E-state index contributed by atoms with van der Waals surface area (Å²) in [4.78, 5) is 46.0. The van der Waals surface area contributed by atoms with E-state index in [1.54, 1.807) is 0 Å². The van der Waals surface area contributed by atoms with Crippen molar-refractivity contribution in [1.82, 2.24) is 10.7 Å². The smallest absolute Gasteiger partial charge is 0.269 e. The highest BCUT2D eigenvalue weighted by atomic mass is 32.2. The Morgan fingerprint density at radius 3 is 2.06 bits per heavy atom. The highest BCUT2D eigenvalue weighted by Crippen LogP contribution is 2.15. The first-order valence-electron chi connectivity index (χ1n) is 10.6. The molecule has 0 aromatic heterocycles. The number of nitrogens with zero attached hydrogens (tertiary/aromatic N) is 3. The average Bonchev–Trinajstić information content (AvgIpc) is 2.89. The number of carbonyl (C=O) groups excluding carboxylic acids is 2. The van der Waals surface area contributed by atoms with Crippen LogP contribution in [0.3, 0.4) is 0 Å². The third-order valence-electron chi connectivity index (χ3n) is 4.85. The van der Waals surface area contributed by atoms with Gasteiger partial charge in [0.25, 0.3) is 23.2 Å². The Bertz CT molecular complexity index is 1250. The molecule has 0 saturated carbocycles. The predicted molar refractivity (Wildman–Crippen MR) is 136 cm³/mol. The lowest BCUT2D eigenvalue weighted by atomic mass is 10.2. The molecule has 184 valence electrons. The second-order valence-electron chi connectivity index (χ2n) is 7.41. The summed E-state index contributed by atoms with van der Waals surface area (Å²) in [6.07, 6.45) is 1.33. The van der Waals surface area contributed by atoms with Gasteiger partial charge in [-0.1, -0.05) is 30.3 Å². The highest BCUT2D eigenvalue weighted by Gasteiger charge is 2.22. The molecule has 0 aliphatic carbocycles. The number of hydrogen-bond donors (Lipinski definition) is 2. The fraction of sp³-hybridized carbons (Fsp3) is 0.125. The minimum atomic E-state index is -0.949. The van der Waals surface area contributed by atoms with Crippen molar-refractivity contribution in [1.29, 1.82) is 0 Å². The van der Waals surface area contributed by atoms with Crippen LogP contribution in [0.2, 0.25) is 0 Å². The minimum absolute atomic E-state index is 0.0688.